The molecule has 1 aromatic carbocycles. The van der Waals surface area contributed by atoms with Crippen LogP contribution >= 0.6 is 7.14 Å². The molecule has 0 aliphatic carbocycles. The van der Waals surface area contributed by atoms with E-state index in [4.69, 9.17) is 0 Å². The summed E-state index contributed by atoms with van der Waals surface area (Å²) >= 11 is 0. The molecule has 1 aromatic heterocycles. The number of fused-ring (bicyclic) bond motifs is 1. The van der Waals surface area contributed by atoms with E-state index in [0.29, 0.717) is 16.2 Å². The van der Waals surface area contributed by atoms with Crippen LogP contribution in [0, 0.1) is 0 Å². The minimum Gasteiger partial charge on any atom is -0.319 e. The van der Waals surface area contributed by atoms with Gasteiger partial charge in [0.15, 0.2) is 0 Å². The number of hydrogen-bond donors (Lipinski definition) is 0. The van der Waals surface area contributed by atoms with Crippen LogP contribution in [0.5, 0.6) is 0 Å². The molecule has 6 heteroatoms. The maximum Gasteiger partial charge on any atom is 0.417 e. The first-order chi connectivity index (χ1) is 9.51. The third-order valence-corrected chi connectivity index (χ3v) is 4.93. The Morgan fingerprint density at radius 2 is 1.81 bits per heavy atom. The smallest absolute Gasteiger partial charge is 0.319 e. The number of pyridine rings is 1. The lowest BCUT2D eigenvalue weighted by Crippen LogP contribution is -2.15. The van der Waals surface area contributed by atoms with E-state index < -0.39 is 18.9 Å². The normalized spacial score (nSPS) is 13.1. The quantitative estimate of drug-likeness (QED) is 0.757. The van der Waals surface area contributed by atoms with Crippen molar-refractivity contribution < 1.29 is 17.7 Å². The molecular formula is C15H17F3NOP. The summed E-state index contributed by atoms with van der Waals surface area (Å²) in [5, 5.41) is 0.845. The molecule has 2 aromatic rings. The van der Waals surface area contributed by atoms with Gasteiger partial charge in [-0.2, -0.15) is 13.2 Å². The molecule has 0 N–H and O–H groups in total. The summed E-state index contributed by atoms with van der Waals surface area (Å²) in [6, 6.07) is 4.55. The first kappa shape index (κ1) is 16.0. The summed E-state index contributed by atoms with van der Waals surface area (Å²) in [5.41, 5.74) is 0.439. The Hall–Kier alpha value is -1.35. The molecule has 0 saturated heterocycles. The van der Waals surface area contributed by atoms with Gasteiger partial charge in [-0.15, -0.1) is 0 Å². The fourth-order valence-corrected chi connectivity index (χ4v) is 4.14. The first-order valence-corrected chi connectivity index (χ1v) is 9.17. The molecule has 0 atom stereocenters. The van der Waals surface area contributed by atoms with Crippen molar-refractivity contribution in [1.82, 2.24) is 4.98 Å². The van der Waals surface area contributed by atoms with Gasteiger partial charge < -0.3 is 4.57 Å². The van der Waals surface area contributed by atoms with Crippen LogP contribution in [0.15, 0.2) is 24.4 Å². The molecule has 0 spiro atoms. The Kier molecular flexibility index (Phi) is 3.92. The van der Waals surface area contributed by atoms with E-state index in [-0.39, 0.29) is 5.92 Å². The highest BCUT2D eigenvalue weighted by molar-refractivity contribution is 7.70. The highest BCUT2D eigenvalue weighted by Gasteiger charge is 2.32. The lowest BCUT2D eigenvalue weighted by molar-refractivity contribution is -0.137. The zero-order chi connectivity index (χ0) is 16.0. The van der Waals surface area contributed by atoms with Gasteiger partial charge in [0.1, 0.15) is 7.14 Å². The number of rotatable bonds is 2. The molecule has 0 saturated carbocycles. The van der Waals surface area contributed by atoms with Crippen LogP contribution in [-0.4, -0.2) is 18.3 Å². The minimum absolute atomic E-state index is 0.0761. The average molecular weight is 315 g/mol. The molecule has 0 unspecified atom stereocenters. The number of benzene rings is 1. The summed E-state index contributed by atoms with van der Waals surface area (Å²) in [7, 11) is -2.73. The molecule has 2 rings (SSSR count). The largest absolute Gasteiger partial charge is 0.417 e. The zero-order valence-electron chi connectivity index (χ0n) is 12.3. The summed E-state index contributed by atoms with van der Waals surface area (Å²) in [6.07, 6.45) is -3.64. The molecule has 0 amide bonds. The molecule has 2 nitrogen and oxygen atoms in total. The third-order valence-electron chi connectivity index (χ3n) is 3.36. The van der Waals surface area contributed by atoms with E-state index >= 15 is 0 Å². The Morgan fingerprint density at radius 1 is 1.19 bits per heavy atom. The predicted octanol–water partition coefficient (Wildman–Crippen LogP) is 4.63. The Bertz CT molecular complexity index is 732. The monoisotopic (exact) mass is 315 g/mol. The molecule has 1 heterocycles. The summed E-state index contributed by atoms with van der Waals surface area (Å²) in [6.45, 7) is 7.02. The van der Waals surface area contributed by atoms with Crippen LogP contribution in [0.4, 0.5) is 13.2 Å². The van der Waals surface area contributed by atoms with Gasteiger partial charge >= 0.3 is 6.18 Å². The second-order valence-corrected chi connectivity index (χ2v) is 8.95. The molecule has 0 bridgehead atoms. The zero-order valence-corrected chi connectivity index (χ0v) is 13.2. The minimum atomic E-state index is -4.46. The van der Waals surface area contributed by atoms with Crippen molar-refractivity contribution in [2.24, 2.45) is 0 Å². The fraction of sp³-hybridized carbons (Fsp3) is 0.400. The Morgan fingerprint density at radius 3 is 2.29 bits per heavy atom. The first-order valence-electron chi connectivity index (χ1n) is 6.57. The van der Waals surface area contributed by atoms with Gasteiger partial charge in [-0.05, 0) is 36.9 Å². The van der Waals surface area contributed by atoms with Gasteiger partial charge in [-0.25, -0.2) is 0 Å². The maximum atomic E-state index is 12.9. The van der Waals surface area contributed by atoms with Crippen LogP contribution in [0.25, 0.3) is 10.9 Å². The summed E-state index contributed by atoms with van der Waals surface area (Å²) < 4.78 is 51.3. The van der Waals surface area contributed by atoms with Gasteiger partial charge in [0.25, 0.3) is 0 Å². The van der Waals surface area contributed by atoms with Crippen molar-refractivity contribution in [2.45, 2.75) is 25.9 Å². The van der Waals surface area contributed by atoms with Crippen molar-refractivity contribution in [1.29, 1.82) is 0 Å². The van der Waals surface area contributed by atoms with E-state index in [1.807, 2.05) is 19.9 Å². The van der Waals surface area contributed by atoms with E-state index in [1.54, 1.807) is 19.4 Å². The molecule has 0 radical (unpaired) electrons. The van der Waals surface area contributed by atoms with E-state index in [0.717, 1.165) is 17.8 Å². The predicted molar refractivity (Wildman–Crippen MR) is 79.9 cm³/mol. The third kappa shape index (κ3) is 3.13. The van der Waals surface area contributed by atoms with E-state index in [9.17, 15) is 17.7 Å². The average Bonchev–Trinajstić information content (AvgIpc) is 2.34. The molecule has 114 valence electrons. The number of hydrogen-bond acceptors (Lipinski definition) is 2. The van der Waals surface area contributed by atoms with Crippen molar-refractivity contribution in [3.05, 3.63) is 35.5 Å². The molecule has 21 heavy (non-hydrogen) atoms. The molecule has 0 aliphatic heterocycles. The lowest BCUT2D eigenvalue weighted by Gasteiger charge is -2.19. The number of halogens is 3. The maximum absolute atomic E-state index is 12.9. The van der Waals surface area contributed by atoms with E-state index in [2.05, 4.69) is 4.98 Å². The van der Waals surface area contributed by atoms with Crippen molar-refractivity contribution >= 4 is 23.3 Å². The number of nitrogens with zero attached hydrogens (tertiary/aromatic N) is 1. The van der Waals surface area contributed by atoms with Gasteiger partial charge in [-0.1, -0.05) is 19.9 Å². The van der Waals surface area contributed by atoms with Gasteiger partial charge in [0.2, 0.25) is 0 Å². The van der Waals surface area contributed by atoms with Crippen molar-refractivity contribution in [3.63, 3.8) is 0 Å². The summed E-state index contributed by atoms with van der Waals surface area (Å²) in [4.78, 5) is 3.88. The molecule has 0 aliphatic rings. The van der Waals surface area contributed by atoms with Crippen LogP contribution in [0.1, 0.15) is 30.9 Å². The summed E-state index contributed by atoms with van der Waals surface area (Å²) in [5.74, 6) is 0.0761. The molecular weight excluding hydrogens is 298 g/mol. The number of alkyl halides is 3. The highest BCUT2D eigenvalue weighted by atomic mass is 31.2. The Balaban J connectivity index is 2.90. The van der Waals surface area contributed by atoms with Crippen molar-refractivity contribution in [3.8, 4) is 0 Å². The highest BCUT2D eigenvalue weighted by Crippen LogP contribution is 2.41. The SMILES string of the molecule is CC(C)c1ccc2ncc(C(F)(F)F)cc2c1P(C)(C)=O. The van der Waals surface area contributed by atoms with Gasteiger partial charge in [0.05, 0.1) is 11.1 Å². The van der Waals surface area contributed by atoms with Gasteiger partial charge in [-0.3, -0.25) is 4.98 Å². The van der Waals surface area contributed by atoms with Crippen LogP contribution in [0.3, 0.4) is 0 Å². The number of aromatic nitrogens is 1. The van der Waals surface area contributed by atoms with Crippen LogP contribution in [0.2, 0.25) is 0 Å². The standard InChI is InChI=1S/C15H17F3NOP/c1-9(2)11-5-6-13-12(14(11)21(3,4)20)7-10(8-19-13)15(16,17)18/h5-9H,1-4H3. The second-order valence-electron chi connectivity index (χ2n) is 5.80. The lowest BCUT2D eigenvalue weighted by atomic mass is 10.00. The second kappa shape index (κ2) is 5.13. The van der Waals surface area contributed by atoms with Gasteiger partial charge in [0, 0.05) is 16.9 Å². The van der Waals surface area contributed by atoms with Crippen LogP contribution < -0.4 is 5.30 Å². The van der Waals surface area contributed by atoms with Crippen molar-refractivity contribution in [2.75, 3.05) is 13.3 Å². The topological polar surface area (TPSA) is 30.0 Å². The fourth-order valence-electron chi connectivity index (χ4n) is 2.42. The van der Waals surface area contributed by atoms with Crippen LogP contribution in [-0.2, 0) is 10.7 Å². The Labute approximate surface area is 121 Å². The molecule has 0 fully saturated rings. The van der Waals surface area contributed by atoms with E-state index in [1.165, 1.54) is 0 Å².